The van der Waals surface area contributed by atoms with Crippen molar-refractivity contribution in [2.75, 3.05) is 13.2 Å². The van der Waals surface area contributed by atoms with Crippen molar-refractivity contribution in [3.8, 4) is 0 Å². The third-order valence-electron chi connectivity index (χ3n) is 3.58. The van der Waals surface area contributed by atoms with E-state index in [1.54, 1.807) is 0 Å². The lowest BCUT2D eigenvalue weighted by molar-refractivity contribution is -0.147. The first-order valence-electron chi connectivity index (χ1n) is 8.96. The summed E-state index contributed by atoms with van der Waals surface area (Å²) in [6.45, 7) is 3.81. The van der Waals surface area contributed by atoms with Crippen molar-refractivity contribution in [3.63, 3.8) is 0 Å². The van der Waals surface area contributed by atoms with E-state index in [0.29, 0.717) is 6.54 Å². The second-order valence-electron chi connectivity index (χ2n) is 6.48. The molecule has 28 heavy (non-hydrogen) atoms. The number of benzene rings is 2. The number of hydrogen-bond acceptors (Lipinski definition) is 5. The fourth-order valence-electron chi connectivity index (χ4n) is 2.23. The first-order valence-corrected chi connectivity index (χ1v) is 9.84. The van der Waals surface area contributed by atoms with Crippen LogP contribution in [0.1, 0.15) is 24.7 Å². The SMILES string of the molecule is CC(C)CNC(=O)NC(=O)COC(=O)[C@@H](Sc1ccccc1)c1ccccc1. The summed E-state index contributed by atoms with van der Waals surface area (Å²) in [6, 6.07) is 18.1. The maximum atomic E-state index is 12.6. The van der Waals surface area contributed by atoms with Crippen LogP contribution in [0, 0.1) is 5.92 Å². The van der Waals surface area contributed by atoms with Gasteiger partial charge in [0.25, 0.3) is 5.91 Å². The molecule has 3 amide bonds. The predicted octanol–water partition coefficient (Wildman–Crippen LogP) is 3.55. The van der Waals surface area contributed by atoms with E-state index in [-0.39, 0.29) is 5.92 Å². The Morgan fingerprint density at radius 2 is 1.57 bits per heavy atom. The van der Waals surface area contributed by atoms with Gasteiger partial charge in [-0.15, -0.1) is 11.8 Å². The van der Waals surface area contributed by atoms with Gasteiger partial charge in [0.2, 0.25) is 0 Å². The number of nitrogens with one attached hydrogen (secondary N) is 2. The van der Waals surface area contributed by atoms with Crippen LogP contribution >= 0.6 is 11.8 Å². The number of esters is 1. The van der Waals surface area contributed by atoms with E-state index in [9.17, 15) is 14.4 Å². The van der Waals surface area contributed by atoms with Crippen molar-refractivity contribution >= 4 is 29.7 Å². The zero-order valence-corrected chi connectivity index (χ0v) is 16.7. The Hall–Kier alpha value is -2.80. The van der Waals surface area contributed by atoms with Gasteiger partial charge in [0.1, 0.15) is 5.25 Å². The third kappa shape index (κ3) is 7.44. The smallest absolute Gasteiger partial charge is 0.324 e. The van der Waals surface area contributed by atoms with Gasteiger partial charge in [-0.1, -0.05) is 62.4 Å². The van der Waals surface area contributed by atoms with Crippen LogP contribution in [0.3, 0.4) is 0 Å². The van der Waals surface area contributed by atoms with Crippen molar-refractivity contribution in [2.24, 2.45) is 5.92 Å². The Balaban J connectivity index is 1.95. The Morgan fingerprint density at radius 3 is 2.18 bits per heavy atom. The van der Waals surface area contributed by atoms with Gasteiger partial charge in [0.15, 0.2) is 6.61 Å². The first kappa shape index (κ1) is 21.5. The zero-order chi connectivity index (χ0) is 20.4. The summed E-state index contributed by atoms with van der Waals surface area (Å²) >= 11 is 1.34. The summed E-state index contributed by atoms with van der Waals surface area (Å²) in [4.78, 5) is 37.0. The highest BCUT2D eigenvalue weighted by atomic mass is 32.2. The summed E-state index contributed by atoms with van der Waals surface area (Å²) in [5.41, 5.74) is 0.774. The van der Waals surface area contributed by atoms with Crippen molar-refractivity contribution in [2.45, 2.75) is 24.0 Å². The number of hydrogen-bond donors (Lipinski definition) is 2. The summed E-state index contributed by atoms with van der Waals surface area (Å²) in [7, 11) is 0. The molecular formula is C21H24N2O4S. The molecule has 0 unspecified atom stereocenters. The van der Waals surface area contributed by atoms with Gasteiger partial charge in [-0.05, 0) is 23.6 Å². The highest BCUT2D eigenvalue weighted by molar-refractivity contribution is 8.00. The van der Waals surface area contributed by atoms with Crippen LogP contribution in [-0.2, 0) is 14.3 Å². The Kier molecular flexibility index (Phi) is 8.55. The van der Waals surface area contributed by atoms with E-state index >= 15 is 0 Å². The molecular weight excluding hydrogens is 376 g/mol. The minimum absolute atomic E-state index is 0.264. The van der Waals surface area contributed by atoms with E-state index in [2.05, 4.69) is 10.6 Å². The molecule has 148 valence electrons. The Morgan fingerprint density at radius 1 is 0.964 bits per heavy atom. The second kappa shape index (κ2) is 11.1. The molecule has 0 aliphatic rings. The van der Waals surface area contributed by atoms with Crippen LogP contribution in [0.4, 0.5) is 4.79 Å². The molecule has 2 rings (SSSR count). The molecule has 0 bridgehead atoms. The number of thioether (sulfide) groups is 1. The molecule has 2 aromatic rings. The van der Waals surface area contributed by atoms with Crippen molar-refractivity contribution < 1.29 is 19.1 Å². The highest BCUT2D eigenvalue weighted by Gasteiger charge is 2.24. The van der Waals surface area contributed by atoms with Crippen molar-refractivity contribution in [1.82, 2.24) is 10.6 Å². The monoisotopic (exact) mass is 400 g/mol. The van der Waals surface area contributed by atoms with Crippen LogP contribution in [0.25, 0.3) is 0 Å². The van der Waals surface area contributed by atoms with Crippen LogP contribution in [0.2, 0.25) is 0 Å². The summed E-state index contributed by atoms with van der Waals surface area (Å²) in [5, 5.41) is 4.09. The zero-order valence-electron chi connectivity index (χ0n) is 15.9. The largest absolute Gasteiger partial charge is 0.454 e. The molecule has 2 N–H and O–H groups in total. The fourth-order valence-corrected chi connectivity index (χ4v) is 3.28. The average molecular weight is 401 g/mol. The minimum Gasteiger partial charge on any atom is -0.454 e. The molecule has 0 saturated heterocycles. The molecule has 0 radical (unpaired) electrons. The van der Waals surface area contributed by atoms with Gasteiger partial charge < -0.3 is 10.1 Å². The number of carbonyl (C=O) groups is 3. The Bertz CT molecular complexity index is 782. The maximum absolute atomic E-state index is 12.6. The molecule has 0 aliphatic heterocycles. The molecule has 6 nitrogen and oxygen atoms in total. The number of carbonyl (C=O) groups excluding carboxylic acids is 3. The summed E-state index contributed by atoms with van der Waals surface area (Å²) < 4.78 is 5.17. The molecule has 0 spiro atoms. The molecule has 0 saturated carbocycles. The van der Waals surface area contributed by atoms with Gasteiger partial charge >= 0.3 is 12.0 Å². The van der Waals surface area contributed by atoms with Crippen molar-refractivity contribution in [1.29, 1.82) is 0 Å². The van der Waals surface area contributed by atoms with Crippen molar-refractivity contribution in [3.05, 3.63) is 66.2 Å². The van der Waals surface area contributed by atoms with Gasteiger partial charge in [-0.25, -0.2) is 4.79 Å². The number of rotatable bonds is 8. The maximum Gasteiger partial charge on any atom is 0.324 e. The van der Waals surface area contributed by atoms with Crippen LogP contribution in [0.5, 0.6) is 0 Å². The number of urea groups is 1. The Labute approximate surface area is 169 Å². The average Bonchev–Trinajstić information content (AvgIpc) is 2.70. The minimum atomic E-state index is -0.675. The number of ether oxygens (including phenoxy) is 1. The second-order valence-corrected chi connectivity index (χ2v) is 7.66. The van der Waals surface area contributed by atoms with E-state index < -0.39 is 29.8 Å². The standard InChI is InChI=1S/C21H24N2O4S/c1-15(2)13-22-21(26)23-18(24)14-27-20(25)19(16-9-5-3-6-10-16)28-17-11-7-4-8-12-17/h3-12,15,19H,13-14H2,1-2H3,(H2,22,23,24,26)/t19-/m0/s1. The third-order valence-corrected chi connectivity index (χ3v) is 4.83. The summed E-state index contributed by atoms with van der Waals surface area (Å²) in [5.74, 6) is -0.954. The normalized spacial score (nSPS) is 11.5. The van der Waals surface area contributed by atoms with E-state index in [4.69, 9.17) is 4.74 Å². The van der Waals surface area contributed by atoms with E-state index in [1.807, 2.05) is 74.5 Å². The van der Waals surface area contributed by atoms with E-state index in [0.717, 1.165) is 10.5 Å². The fraction of sp³-hybridized carbons (Fsp3) is 0.286. The van der Waals surface area contributed by atoms with Crippen LogP contribution in [0.15, 0.2) is 65.6 Å². The van der Waals surface area contributed by atoms with E-state index in [1.165, 1.54) is 11.8 Å². The quantitative estimate of drug-likeness (QED) is 0.523. The lowest BCUT2D eigenvalue weighted by atomic mass is 10.1. The molecule has 1 atom stereocenters. The lowest BCUT2D eigenvalue weighted by Gasteiger charge is -2.16. The molecule has 0 aromatic heterocycles. The van der Waals surface area contributed by atoms with Crippen LogP contribution < -0.4 is 10.6 Å². The van der Waals surface area contributed by atoms with Gasteiger partial charge in [-0.2, -0.15) is 0 Å². The molecule has 0 aliphatic carbocycles. The lowest BCUT2D eigenvalue weighted by Crippen LogP contribution is -2.42. The first-order chi connectivity index (χ1) is 13.5. The molecule has 7 heteroatoms. The van der Waals surface area contributed by atoms with Gasteiger partial charge in [0.05, 0.1) is 0 Å². The highest BCUT2D eigenvalue weighted by Crippen LogP contribution is 2.36. The summed E-state index contributed by atoms with van der Waals surface area (Å²) in [6.07, 6.45) is 0. The molecule has 0 heterocycles. The van der Waals surface area contributed by atoms with Gasteiger partial charge in [0, 0.05) is 11.4 Å². The molecule has 2 aromatic carbocycles. The predicted molar refractivity (Wildman–Crippen MR) is 109 cm³/mol. The number of amides is 3. The van der Waals surface area contributed by atoms with Crippen LogP contribution in [-0.4, -0.2) is 31.1 Å². The number of imide groups is 1. The molecule has 0 fully saturated rings. The topological polar surface area (TPSA) is 84.5 Å². The van der Waals surface area contributed by atoms with Gasteiger partial charge in [-0.3, -0.25) is 14.9 Å².